The van der Waals surface area contributed by atoms with Crippen LogP contribution in [-0.2, 0) is 0 Å². The van der Waals surface area contributed by atoms with Gasteiger partial charge in [-0.15, -0.1) is 0 Å². The minimum absolute atomic E-state index is 0.402. The number of hydrazine groups is 1. The first-order valence-corrected chi connectivity index (χ1v) is 4.49. The van der Waals surface area contributed by atoms with Gasteiger partial charge in [0.05, 0.1) is 0 Å². The minimum atomic E-state index is 0.402. The summed E-state index contributed by atoms with van der Waals surface area (Å²) in [5.74, 6) is 6.33. The van der Waals surface area contributed by atoms with Crippen molar-refractivity contribution in [2.24, 2.45) is 17.2 Å². The van der Waals surface area contributed by atoms with E-state index in [2.05, 4.69) is 26.2 Å². The van der Waals surface area contributed by atoms with Crippen molar-refractivity contribution in [1.82, 2.24) is 5.43 Å². The van der Waals surface area contributed by atoms with Crippen LogP contribution in [0.4, 0.5) is 0 Å². The molecule has 0 bridgehead atoms. The lowest BCUT2D eigenvalue weighted by atomic mass is 9.87. The first-order chi connectivity index (χ1) is 5.03. The van der Waals surface area contributed by atoms with Gasteiger partial charge < -0.3 is 0 Å². The molecule has 1 saturated carbocycles. The van der Waals surface area contributed by atoms with Crippen molar-refractivity contribution >= 4 is 0 Å². The van der Waals surface area contributed by atoms with Gasteiger partial charge in [0.15, 0.2) is 0 Å². The van der Waals surface area contributed by atoms with Gasteiger partial charge in [-0.2, -0.15) is 0 Å². The third-order valence-corrected chi connectivity index (χ3v) is 2.24. The largest absolute Gasteiger partial charge is 0.271 e. The molecule has 0 amide bonds. The van der Waals surface area contributed by atoms with Gasteiger partial charge >= 0.3 is 0 Å². The van der Waals surface area contributed by atoms with E-state index >= 15 is 0 Å². The van der Waals surface area contributed by atoms with E-state index in [1.807, 2.05) is 0 Å². The molecule has 0 heterocycles. The lowest BCUT2D eigenvalue weighted by Gasteiger charge is -2.25. The minimum Gasteiger partial charge on any atom is -0.271 e. The fourth-order valence-corrected chi connectivity index (χ4v) is 1.52. The maximum absolute atomic E-state index is 5.47. The fraction of sp³-hybridized carbons (Fsp3) is 1.00. The molecule has 0 aromatic heterocycles. The van der Waals surface area contributed by atoms with Crippen LogP contribution >= 0.6 is 0 Å². The molecular weight excluding hydrogens is 136 g/mol. The van der Waals surface area contributed by atoms with Gasteiger partial charge in [0, 0.05) is 6.04 Å². The van der Waals surface area contributed by atoms with Gasteiger partial charge in [-0.1, -0.05) is 20.8 Å². The first kappa shape index (κ1) is 9.01. The Labute approximate surface area is 69.5 Å². The van der Waals surface area contributed by atoms with E-state index < -0.39 is 0 Å². The molecule has 66 valence electrons. The number of nitrogens with two attached hydrogens (primary N) is 1. The summed E-state index contributed by atoms with van der Waals surface area (Å²) in [6.45, 7) is 6.79. The molecule has 11 heavy (non-hydrogen) atoms. The second kappa shape index (κ2) is 3.11. The van der Waals surface area contributed by atoms with Gasteiger partial charge in [0.25, 0.3) is 0 Å². The van der Waals surface area contributed by atoms with E-state index in [1.165, 1.54) is 19.3 Å². The summed E-state index contributed by atoms with van der Waals surface area (Å²) in [5.41, 5.74) is 3.32. The molecule has 0 aromatic rings. The third-order valence-electron chi connectivity index (χ3n) is 2.24. The quantitative estimate of drug-likeness (QED) is 0.482. The molecular formula is C9H20N2. The molecule has 2 heteroatoms. The first-order valence-electron chi connectivity index (χ1n) is 4.49. The summed E-state index contributed by atoms with van der Waals surface area (Å²) in [4.78, 5) is 0. The van der Waals surface area contributed by atoms with Gasteiger partial charge in [0.2, 0.25) is 0 Å². The Balaban J connectivity index is 2.31. The van der Waals surface area contributed by atoms with Gasteiger partial charge in [0.1, 0.15) is 0 Å². The predicted octanol–water partition coefficient (Wildman–Crippen LogP) is 1.66. The second-order valence-electron chi connectivity index (χ2n) is 4.88. The smallest absolute Gasteiger partial charge is 0.0243 e. The van der Waals surface area contributed by atoms with E-state index in [9.17, 15) is 0 Å². The summed E-state index contributed by atoms with van der Waals surface area (Å²) in [7, 11) is 0. The average Bonchev–Trinajstić information content (AvgIpc) is 2.61. The summed E-state index contributed by atoms with van der Waals surface area (Å²) in [6, 6.07) is 0.551. The van der Waals surface area contributed by atoms with Crippen LogP contribution in [0.25, 0.3) is 0 Å². The van der Waals surface area contributed by atoms with Crippen molar-refractivity contribution in [2.45, 2.75) is 46.1 Å². The van der Waals surface area contributed by atoms with Crippen molar-refractivity contribution in [1.29, 1.82) is 0 Å². The van der Waals surface area contributed by atoms with E-state index in [0.29, 0.717) is 11.5 Å². The van der Waals surface area contributed by atoms with Crippen molar-refractivity contribution in [3.05, 3.63) is 0 Å². The van der Waals surface area contributed by atoms with Crippen LogP contribution in [0.3, 0.4) is 0 Å². The highest BCUT2D eigenvalue weighted by Crippen LogP contribution is 2.37. The monoisotopic (exact) mass is 156 g/mol. The molecule has 1 atom stereocenters. The highest BCUT2D eigenvalue weighted by molar-refractivity contribution is 4.87. The maximum Gasteiger partial charge on any atom is 0.0243 e. The molecule has 0 saturated heterocycles. The molecule has 1 aliphatic rings. The summed E-state index contributed by atoms with van der Waals surface area (Å²) in [6.07, 6.45) is 3.92. The lowest BCUT2D eigenvalue weighted by molar-refractivity contribution is 0.291. The molecule has 1 rings (SSSR count). The molecule has 1 fully saturated rings. The Morgan fingerprint density at radius 2 is 2.00 bits per heavy atom. The standard InChI is InChI=1S/C9H20N2/c1-9(2,3)6-8(11-10)7-4-5-7/h7-8,11H,4-6,10H2,1-3H3. The fourth-order valence-electron chi connectivity index (χ4n) is 1.52. The zero-order valence-electron chi connectivity index (χ0n) is 7.85. The van der Waals surface area contributed by atoms with Crippen molar-refractivity contribution in [2.75, 3.05) is 0 Å². The third kappa shape index (κ3) is 3.21. The number of nitrogens with one attached hydrogen (secondary N) is 1. The van der Waals surface area contributed by atoms with Crippen LogP contribution in [0, 0.1) is 11.3 Å². The summed E-state index contributed by atoms with van der Waals surface area (Å²) < 4.78 is 0. The molecule has 0 aromatic carbocycles. The Morgan fingerprint density at radius 3 is 2.27 bits per heavy atom. The molecule has 3 N–H and O–H groups in total. The Bertz CT molecular complexity index is 122. The van der Waals surface area contributed by atoms with Crippen molar-refractivity contribution in [3.8, 4) is 0 Å². The molecule has 1 unspecified atom stereocenters. The maximum atomic E-state index is 5.47. The van der Waals surface area contributed by atoms with Gasteiger partial charge in [-0.25, -0.2) is 0 Å². The zero-order chi connectivity index (χ0) is 8.48. The number of hydrogen-bond donors (Lipinski definition) is 2. The SMILES string of the molecule is CC(C)(C)CC(NN)C1CC1. The molecule has 0 spiro atoms. The Morgan fingerprint density at radius 1 is 1.45 bits per heavy atom. The highest BCUT2D eigenvalue weighted by atomic mass is 15.2. The van der Waals surface area contributed by atoms with Crippen molar-refractivity contribution < 1.29 is 0 Å². The zero-order valence-corrected chi connectivity index (χ0v) is 7.85. The van der Waals surface area contributed by atoms with Crippen LogP contribution in [0.5, 0.6) is 0 Å². The predicted molar refractivity (Wildman–Crippen MR) is 47.9 cm³/mol. The summed E-state index contributed by atoms with van der Waals surface area (Å²) in [5, 5.41) is 0. The normalized spacial score (nSPS) is 21.8. The van der Waals surface area contributed by atoms with Crippen LogP contribution in [0.1, 0.15) is 40.0 Å². The molecule has 0 radical (unpaired) electrons. The molecule has 2 nitrogen and oxygen atoms in total. The van der Waals surface area contributed by atoms with Crippen LogP contribution in [-0.4, -0.2) is 6.04 Å². The Hall–Kier alpha value is -0.0800. The van der Waals surface area contributed by atoms with Gasteiger partial charge in [-0.3, -0.25) is 11.3 Å². The van der Waals surface area contributed by atoms with Crippen LogP contribution in [0.2, 0.25) is 0 Å². The van der Waals surface area contributed by atoms with E-state index in [0.717, 1.165) is 5.92 Å². The second-order valence-corrected chi connectivity index (χ2v) is 4.88. The summed E-state index contributed by atoms with van der Waals surface area (Å²) >= 11 is 0. The lowest BCUT2D eigenvalue weighted by Crippen LogP contribution is -2.39. The number of rotatable bonds is 3. The topological polar surface area (TPSA) is 38.0 Å². The van der Waals surface area contributed by atoms with E-state index in [4.69, 9.17) is 5.84 Å². The molecule has 0 aliphatic heterocycles. The van der Waals surface area contributed by atoms with Gasteiger partial charge in [-0.05, 0) is 30.6 Å². The average molecular weight is 156 g/mol. The van der Waals surface area contributed by atoms with Crippen molar-refractivity contribution in [3.63, 3.8) is 0 Å². The van der Waals surface area contributed by atoms with E-state index in [-0.39, 0.29) is 0 Å². The van der Waals surface area contributed by atoms with E-state index in [1.54, 1.807) is 0 Å². The Kier molecular flexibility index (Phi) is 2.55. The molecule has 1 aliphatic carbocycles. The van der Waals surface area contributed by atoms with Crippen LogP contribution in [0.15, 0.2) is 0 Å². The van der Waals surface area contributed by atoms with Crippen LogP contribution < -0.4 is 11.3 Å². The number of hydrogen-bond acceptors (Lipinski definition) is 2. The highest BCUT2D eigenvalue weighted by Gasteiger charge is 2.32.